The lowest BCUT2D eigenvalue weighted by Crippen LogP contribution is -2.30. The third-order valence-corrected chi connectivity index (χ3v) is 3.99. The van der Waals surface area contributed by atoms with Gasteiger partial charge in [-0.05, 0) is 24.1 Å². The summed E-state index contributed by atoms with van der Waals surface area (Å²) < 4.78 is 0. The second-order valence-electron chi connectivity index (χ2n) is 5.19. The van der Waals surface area contributed by atoms with Crippen LogP contribution >= 0.6 is 12.4 Å². The first kappa shape index (κ1) is 15.5. The monoisotopic (exact) mass is 306 g/mol. The van der Waals surface area contributed by atoms with Crippen LogP contribution in [0.3, 0.4) is 0 Å². The van der Waals surface area contributed by atoms with Crippen molar-refractivity contribution in [3.8, 4) is 0 Å². The Kier molecular flexibility index (Phi) is 4.98. The number of aromatic amines is 1. The number of carbonyl (C=O) groups is 1. The Morgan fingerprint density at radius 3 is 2.67 bits per heavy atom. The van der Waals surface area contributed by atoms with Gasteiger partial charge in [0.25, 0.3) is 5.91 Å². The molecule has 6 heteroatoms. The van der Waals surface area contributed by atoms with Gasteiger partial charge >= 0.3 is 0 Å². The fourth-order valence-corrected chi connectivity index (χ4v) is 2.90. The highest BCUT2D eigenvalue weighted by atomic mass is 35.5. The number of aromatic nitrogens is 2. The lowest BCUT2D eigenvalue weighted by molar-refractivity contribution is 0.0780. The van der Waals surface area contributed by atoms with Crippen molar-refractivity contribution in [3.05, 3.63) is 53.9 Å². The number of H-pyrrole nitrogens is 1. The number of nitrogens with two attached hydrogens (primary N) is 1. The van der Waals surface area contributed by atoms with E-state index in [1.54, 1.807) is 12.3 Å². The van der Waals surface area contributed by atoms with Crippen LogP contribution in [-0.4, -0.2) is 40.6 Å². The van der Waals surface area contributed by atoms with Crippen molar-refractivity contribution in [3.63, 3.8) is 0 Å². The van der Waals surface area contributed by atoms with Crippen molar-refractivity contribution in [1.82, 2.24) is 15.1 Å². The van der Waals surface area contributed by atoms with Gasteiger partial charge in [-0.2, -0.15) is 5.10 Å². The maximum Gasteiger partial charge on any atom is 0.271 e. The maximum absolute atomic E-state index is 12.4. The summed E-state index contributed by atoms with van der Waals surface area (Å²) in [6, 6.07) is 12.0. The summed E-state index contributed by atoms with van der Waals surface area (Å²) in [5, 5.41) is 6.56. The van der Waals surface area contributed by atoms with Gasteiger partial charge in [0.05, 0.1) is 0 Å². The molecule has 112 valence electrons. The lowest BCUT2D eigenvalue weighted by atomic mass is 9.89. The lowest BCUT2D eigenvalue weighted by Gasteiger charge is -2.16. The number of nitrogens with zero attached hydrogens (tertiary/aromatic N) is 2. The Labute approximate surface area is 129 Å². The molecule has 3 N–H and O–H groups in total. The Morgan fingerprint density at radius 2 is 2.05 bits per heavy atom. The molecule has 0 bridgehead atoms. The Morgan fingerprint density at radius 1 is 1.29 bits per heavy atom. The molecule has 5 nitrogen and oxygen atoms in total. The van der Waals surface area contributed by atoms with E-state index in [4.69, 9.17) is 5.73 Å². The number of likely N-dealkylation sites (tertiary alicyclic amines) is 1. The standard InChI is InChI=1S/C15H18N4O.ClH/c16-8-12-9-19(15(20)14-6-7-17-18-14)10-13(12)11-4-2-1-3-5-11;/h1-7,12-13H,8-10,16H2,(H,17,18);1H/t12-,13+;/m1./s1. The molecule has 1 saturated heterocycles. The van der Waals surface area contributed by atoms with Gasteiger partial charge in [-0.1, -0.05) is 30.3 Å². The van der Waals surface area contributed by atoms with Crippen molar-refractivity contribution in [1.29, 1.82) is 0 Å². The van der Waals surface area contributed by atoms with Crippen LogP contribution in [0, 0.1) is 5.92 Å². The zero-order valence-electron chi connectivity index (χ0n) is 11.6. The highest BCUT2D eigenvalue weighted by Crippen LogP contribution is 2.32. The molecule has 3 rings (SSSR count). The Hall–Kier alpha value is -1.85. The van der Waals surface area contributed by atoms with E-state index in [-0.39, 0.29) is 18.3 Å². The summed E-state index contributed by atoms with van der Waals surface area (Å²) in [6.45, 7) is 2.00. The van der Waals surface area contributed by atoms with Crippen LogP contribution in [0.5, 0.6) is 0 Å². The highest BCUT2D eigenvalue weighted by Gasteiger charge is 2.35. The molecule has 1 amide bonds. The highest BCUT2D eigenvalue weighted by molar-refractivity contribution is 5.92. The molecule has 0 unspecified atom stereocenters. The topological polar surface area (TPSA) is 75.0 Å². The van der Waals surface area contributed by atoms with Crippen LogP contribution in [-0.2, 0) is 0 Å². The number of benzene rings is 1. The van der Waals surface area contributed by atoms with Crippen molar-refractivity contribution in [2.75, 3.05) is 19.6 Å². The van der Waals surface area contributed by atoms with Gasteiger partial charge in [-0.25, -0.2) is 0 Å². The molecule has 2 aromatic rings. The first-order valence-corrected chi connectivity index (χ1v) is 6.83. The van der Waals surface area contributed by atoms with Crippen molar-refractivity contribution in [2.24, 2.45) is 11.7 Å². The average Bonchev–Trinajstić information content (AvgIpc) is 3.17. The molecule has 0 aliphatic carbocycles. The molecule has 1 aromatic carbocycles. The third-order valence-electron chi connectivity index (χ3n) is 3.99. The summed E-state index contributed by atoms with van der Waals surface area (Å²) in [7, 11) is 0. The number of rotatable bonds is 3. The van der Waals surface area contributed by atoms with Crippen LogP contribution in [0.15, 0.2) is 42.6 Å². The van der Waals surface area contributed by atoms with Crippen molar-refractivity contribution in [2.45, 2.75) is 5.92 Å². The second kappa shape index (κ2) is 6.74. The molecule has 0 spiro atoms. The zero-order chi connectivity index (χ0) is 13.9. The van der Waals surface area contributed by atoms with Crippen molar-refractivity contribution < 1.29 is 4.79 Å². The van der Waals surface area contributed by atoms with Crippen LogP contribution in [0.4, 0.5) is 0 Å². The van der Waals surface area contributed by atoms with E-state index in [2.05, 4.69) is 22.3 Å². The molecule has 0 radical (unpaired) electrons. The van der Waals surface area contributed by atoms with E-state index in [1.807, 2.05) is 23.1 Å². The van der Waals surface area contributed by atoms with Crippen LogP contribution in [0.2, 0.25) is 0 Å². The van der Waals surface area contributed by atoms with Crippen molar-refractivity contribution >= 4 is 18.3 Å². The first-order valence-electron chi connectivity index (χ1n) is 6.83. The largest absolute Gasteiger partial charge is 0.336 e. The fourth-order valence-electron chi connectivity index (χ4n) is 2.90. The maximum atomic E-state index is 12.4. The summed E-state index contributed by atoms with van der Waals surface area (Å²) in [5.41, 5.74) is 7.67. The van der Waals surface area contributed by atoms with E-state index in [0.717, 1.165) is 0 Å². The van der Waals surface area contributed by atoms with Crippen LogP contribution in [0.25, 0.3) is 0 Å². The third kappa shape index (κ3) is 3.09. The SMILES string of the molecule is Cl.NC[C@@H]1CN(C(=O)c2ccn[nH]2)C[C@H]1c1ccccc1. The Balaban J connectivity index is 0.00000161. The number of hydrogen-bond acceptors (Lipinski definition) is 3. The molecular formula is C15H19ClN4O. The molecule has 1 aliphatic heterocycles. The minimum Gasteiger partial charge on any atom is -0.336 e. The van der Waals surface area contributed by atoms with Crippen LogP contribution in [0.1, 0.15) is 22.0 Å². The second-order valence-corrected chi connectivity index (χ2v) is 5.19. The molecule has 0 saturated carbocycles. The summed E-state index contributed by atoms with van der Waals surface area (Å²) in [4.78, 5) is 14.2. The zero-order valence-corrected chi connectivity index (χ0v) is 12.4. The van der Waals surface area contributed by atoms with Gasteiger partial charge in [-0.3, -0.25) is 9.89 Å². The summed E-state index contributed by atoms with van der Waals surface area (Å²) in [5.74, 6) is 0.622. The van der Waals surface area contributed by atoms with Crippen LogP contribution < -0.4 is 5.73 Å². The smallest absolute Gasteiger partial charge is 0.271 e. The van der Waals surface area contributed by atoms with Gasteiger partial charge < -0.3 is 10.6 Å². The van der Waals surface area contributed by atoms with Gasteiger partial charge in [0.2, 0.25) is 0 Å². The predicted octanol–water partition coefficient (Wildman–Crippen LogP) is 1.65. The first-order chi connectivity index (χ1) is 9.79. The van der Waals surface area contributed by atoms with Gasteiger partial charge in [-0.15, -0.1) is 12.4 Å². The molecule has 2 heterocycles. The minimum atomic E-state index is -0.000573. The average molecular weight is 307 g/mol. The van der Waals surface area contributed by atoms with E-state index in [1.165, 1.54) is 5.56 Å². The van der Waals surface area contributed by atoms with Gasteiger partial charge in [0.15, 0.2) is 0 Å². The van der Waals surface area contributed by atoms with E-state index in [9.17, 15) is 4.79 Å². The molecule has 21 heavy (non-hydrogen) atoms. The van der Waals surface area contributed by atoms with E-state index in [0.29, 0.717) is 37.2 Å². The number of amides is 1. The van der Waals surface area contributed by atoms with E-state index < -0.39 is 0 Å². The predicted molar refractivity (Wildman–Crippen MR) is 83.5 cm³/mol. The molecule has 1 aromatic heterocycles. The number of nitrogens with one attached hydrogen (secondary N) is 1. The number of halogens is 1. The fraction of sp³-hybridized carbons (Fsp3) is 0.333. The molecule has 1 fully saturated rings. The normalized spacial score (nSPS) is 21.1. The minimum absolute atomic E-state index is 0. The van der Waals surface area contributed by atoms with Gasteiger partial charge in [0, 0.05) is 25.2 Å². The summed E-state index contributed by atoms with van der Waals surface area (Å²) in [6.07, 6.45) is 1.60. The number of hydrogen-bond donors (Lipinski definition) is 2. The van der Waals surface area contributed by atoms with E-state index >= 15 is 0 Å². The summed E-state index contributed by atoms with van der Waals surface area (Å²) >= 11 is 0. The molecular weight excluding hydrogens is 288 g/mol. The number of carbonyl (C=O) groups excluding carboxylic acids is 1. The molecule has 2 atom stereocenters. The Bertz CT molecular complexity index is 573. The van der Waals surface area contributed by atoms with Gasteiger partial charge in [0.1, 0.15) is 5.69 Å². The quantitative estimate of drug-likeness (QED) is 0.905. The molecule has 1 aliphatic rings.